The Morgan fingerprint density at radius 3 is 2.50 bits per heavy atom. The Morgan fingerprint density at radius 2 is 2.06 bits per heavy atom. The first-order valence-corrected chi connectivity index (χ1v) is 6.65. The molecule has 0 bridgehead atoms. The minimum atomic E-state index is -3.35. The average molecular weight is 250 g/mol. The van der Waals surface area contributed by atoms with Gasteiger partial charge in [-0.3, -0.25) is 4.90 Å². The van der Waals surface area contributed by atoms with E-state index in [-0.39, 0.29) is 5.75 Å². The van der Waals surface area contributed by atoms with Crippen LogP contribution in [0.25, 0.3) is 0 Å². The molecular weight excluding hydrogens is 232 g/mol. The number of nitrogens with one attached hydrogen (secondary N) is 1. The van der Waals surface area contributed by atoms with Crippen molar-refractivity contribution in [2.24, 2.45) is 0 Å². The van der Waals surface area contributed by atoms with E-state index in [1.807, 2.05) is 4.90 Å². The fourth-order valence-electron chi connectivity index (χ4n) is 1.74. The van der Waals surface area contributed by atoms with E-state index in [0.29, 0.717) is 13.1 Å². The van der Waals surface area contributed by atoms with E-state index in [1.54, 1.807) is 18.9 Å². The zero-order chi connectivity index (χ0) is 12.2. The zero-order valence-electron chi connectivity index (χ0n) is 9.60. The molecule has 94 valence electrons. The second-order valence-electron chi connectivity index (χ2n) is 3.78. The highest BCUT2D eigenvalue weighted by Crippen LogP contribution is 2.24. The summed E-state index contributed by atoms with van der Waals surface area (Å²) in [6.07, 6.45) is 0.732. The Kier molecular flexibility index (Phi) is 4.69. The summed E-state index contributed by atoms with van der Waals surface area (Å²) in [7, 11) is 4.71. The molecule has 1 heterocycles. The normalized spacial score (nSPS) is 21.4. The maximum absolute atomic E-state index is 11.1. The Bertz CT molecular complexity index is 313. The molecule has 2 radical (unpaired) electrons. The highest BCUT2D eigenvalue weighted by atomic mass is 32.2. The molecule has 0 aromatic carbocycles. The van der Waals surface area contributed by atoms with Crippen LogP contribution in [0.3, 0.4) is 0 Å². The van der Waals surface area contributed by atoms with E-state index >= 15 is 0 Å². The molecular formula is C9H18N2O4S. The van der Waals surface area contributed by atoms with Gasteiger partial charge in [-0.25, -0.2) is 13.1 Å². The van der Waals surface area contributed by atoms with Gasteiger partial charge in [-0.1, -0.05) is 0 Å². The molecule has 1 aliphatic heterocycles. The van der Waals surface area contributed by atoms with Crippen molar-refractivity contribution in [3.05, 3.63) is 7.05 Å². The van der Waals surface area contributed by atoms with E-state index < -0.39 is 15.8 Å². The lowest BCUT2D eigenvalue weighted by molar-refractivity contribution is -0.195. The third-order valence-corrected chi connectivity index (χ3v) is 3.95. The number of sulfonamides is 1. The first kappa shape index (κ1) is 13.9. The maximum atomic E-state index is 11.1. The summed E-state index contributed by atoms with van der Waals surface area (Å²) in [5.74, 6) is -0.618. The molecule has 0 saturated carbocycles. The fraction of sp³-hybridized carbons (Fsp3) is 0.889. The van der Waals surface area contributed by atoms with Crippen LogP contribution in [0.1, 0.15) is 6.42 Å². The van der Waals surface area contributed by atoms with Gasteiger partial charge in [-0.2, -0.15) is 0 Å². The van der Waals surface area contributed by atoms with Gasteiger partial charge in [0.05, 0.1) is 19.3 Å². The minimum absolute atomic E-state index is 0.0208. The van der Waals surface area contributed by atoms with Crippen LogP contribution < -0.4 is 4.72 Å². The van der Waals surface area contributed by atoms with E-state index in [0.717, 1.165) is 13.0 Å². The summed E-state index contributed by atoms with van der Waals surface area (Å²) in [5, 5.41) is 0. The van der Waals surface area contributed by atoms with Gasteiger partial charge in [0.1, 0.15) is 0 Å². The van der Waals surface area contributed by atoms with Crippen LogP contribution in [-0.4, -0.2) is 58.7 Å². The van der Waals surface area contributed by atoms with Crippen LogP contribution in [-0.2, 0) is 19.5 Å². The summed E-state index contributed by atoms with van der Waals surface area (Å²) in [6.45, 7) is 1.74. The molecule has 0 aromatic rings. The van der Waals surface area contributed by atoms with Crippen LogP contribution in [0.5, 0.6) is 0 Å². The molecule has 0 aromatic heterocycles. The second kappa shape index (κ2) is 5.42. The van der Waals surface area contributed by atoms with Gasteiger partial charge in [0.2, 0.25) is 10.0 Å². The minimum Gasteiger partial charge on any atom is -0.352 e. The Morgan fingerprint density at radius 1 is 1.44 bits per heavy atom. The summed E-state index contributed by atoms with van der Waals surface area (Å²) < 4.78 is 34.6. The third kappa shape index (κ3) is 3.39. The van der Waals surface area contributed by atoms with Crippen molar-refractivity contribution in [2.75, 3.05) is 39.6 Å². The summed E-state index contributed by atoms with van der Waals surface area (Å²) in [5.41, 5.74) is 0. The van der Waals surface area contributed by atoms with Crippen molar-refractivity contribution < 1.29 is 17.9 Å². The maximum Gasteiger partial charge on any atom is 0.213 e. The lowest BCUT2D eigenvalue weighted by atomic mass is 10.2. The molecule has 0 spiro atoms. The zero-order valence-corrected chi connectivity index (χ0v) is 10.4. The van der Waals surface area contributed by atoms with Gasteiger partial charge in [0, 0.05) is 33.7 Å². The molecule has 16 heavy (non-hydrogen) atoms. The Labute approximate surface area is 97.0 Å². The van der Waals surface area contributed by atoms with E-state index in [4.69, 9.17) is 16.5 Å². The monoisotopic (exact) mass is 250 g/mol. The van der Waals surface area contributed by atoms with E-state index in [9.17, 15) is 8.42 Å². The number of rotatable bonds is 6. The van der Waals surface area contributed by atoms with Gasteiger partial charge in [0.25, 0.3) is 0 Å². The van der Waals surface area contributed by atoms with Gasteiger partial charge in [0.15, 0.2) is 5.79 Å². The molecule has 0 amide bonds. The number of methoxy groups -OCH3 is 2. The van der Waals surface area contributed by atoms with Gasteiger partial charge >= 0.3 is 0 Å². The number of ether oxygens (including phenoxy) is 2. The SMILES string of the molecule is [CH]NS(=O)(=O)CCN1CCC(OC)(OC)C1. The molecule has 1 aliphatic rings. The molecule has 7 heteroatoms. The van der Waals surface area contributed by atoms with Crippen molar-refractivity contribution in [2.45, 2.75) is 12.2 Å². The number of hydrogen-bond acceptors (Lipinski definition) is 5. The van der Waals surface area contributed by atoms with Crippen LogP contribution in [0, 0.1) is 7.05 Å². The highest BCUT2D eigenvalue weighted by molar-refractivity contribution is 7.89. The molecule has 1 N–H and O–H groups in total. The van der Waals surface area contributed by atoms with Gasteiger partial charge in [-0.15, -0.1) is 0 Å². The smallest absolute Gasteiger partial charge is 0.213 e. The number of hydrogen-bond donors (Lipinski definition) is 1. The average Bonchev–Trinajstić information content (AvgIpc) is 2.71. The number of nitrogens with zero attached hydrogens (tertiary/aromatic N) is 1. The summed E-state index contributed by atoms with van der Waals surface area (Å²) >= 11 is 0. The molecule has 0 unspecified atom stereocenters. The lowest BCUT2D eigenvalue weighted by Crippen LogP contribution is -2.39. The first-order valence-electron chi connectivity index (χ1n) is 5.00. The first-order chi connectivity index (χ1) is 7.47. The fourth-order valence-corrected chi connectivity index (χ4v) is 2.36. The molecule has 6 nitrogen and oxygen atoms in total. The van der Waals surface area contributed by atoms with Gasteiger partial charge in [-0.05, 0) is 0 Å². The molecule has 1 saturated heterocycles. The largest absolute Gasteiger partial charge is 0.352 e. The predicted molar refractivity (Wildman–Crippen MR) is 59.0 cm³/mol. The van der Waals surface area contributed by atoms with Crippen molar-refractivity contribution in [3.8, 4) is 0 Å². The van der Waals surface area contributed by atoms with Crippen molar-refractivity contribution in [3.63, 3.8) is 0 Å². The predicted octanol–water partition coefficient (Wildman–Crippen LogP) is -0.731. The van der Waals surface area contributed by atoms with E-state index in [1.165, 1.54) is 0 Å². The number of likely N-dealkylation sites (tertiary alicyclic amines) is 1. The molecule has 1 fully saturated rings. The second-order valence-corrected chi connectivity index (χ2v) is 5.66. The molecule has 0 atom stereocenters. The highest BCUT2D eigenvalue weighted by Gasteiger charge is 2.38. The Hall–Kier alpha value is -0.210. The van der Waals surface area contributed by atoms with Crippen LogP contribution >= 0.6 is 0 Å². The van der Waals surface area contributed by atoms with Crippen LogP contribution in [0.15, 0.2) is 0 Å². The third-order valence-electron chi connectivity index (χ3n) is 2.87. The molecule has 0 aliphatic carbocycles. The van der Waals surface area contributed by atoms with Crippen molar-refractivity contribution >= 4 is 10.0 Å². The topological polar surface area (TPSA) is 67.9 Å². The van der Waals surface area contributed by atoms with Crippen LogP contribution in [0.2, 0.25) is 0 Å². The standard InChI is InChI=1S/C9H18N2O4S/c1-10-16(12,13)7-6-11-5-4-9(8-11,14-2)15-3/h1,10H,4-8H2,2-3H3. The van der Waals surface area contributed by atoms with Crippen LogP contribution in [0.4, 0.5) is 0 Å². The Balaban J connectivity index is 2.43. The quantitative estimate of drug-likeness (QED) is 0.497. The lowest BCUT2D eigenvalue weighted by Gasteiger charge is -2.26. The van der Waals surface area contributed by atoms with Crippen molar-refractivity contribution in [1.82, 2.24) is 9.62 Å². The summed E-state index contributed by atoms with van der Waals surface area (Å²) in [6, 6.07) is 0. The molecule has 1 rings (SSSR count). The van der Waals surface area contributed by atoms with Crippen molar-refractivity contribution in [1.29, 1.82) is 0 Å². The van der Waals surface area contributed by atoms with Gasteiger partial charge < -0.3 is 9.47 Å². The van der Waals surface area contributed by atoms with E-state index in [2.05, 4.69) is 0 Å². The summed E-state index contributed by atoms with van der Waals surface area (Å²) in [4.78, 5) is 1.97.